The minimum atomic E-state index is -1.10. The highest BCUT2D eigenvalue weighted by Crippen LogP contribution is 2.31. The summed E-state index contributed by atoms with van der Waals surface area (Å²) < 4.78 is 10.2. The monoisotopic (exact) mass is 390 g/mol. The van der Waals surface area contributed by atoms with Crippen molar-refractivity contribution < 1.29 is 24.0 Å². The number of nitro groups is 1. The fourth-order valence-corrected chi connectivity index (χ4v) is 3.97. The number of hydrogen-bond acceptors (Lipinski definition) is 7. The molecule has 1 aromatic heterocycles. The molecule has 8 nitrogen and oxygen atoms in total. The number of anilines is 1. The molecule has 0 bridgehead atoms. The summed E-state index contributed by atoms with van der Waals surface area (Å²) in [4.78, 5) is 36.8. The number of thiophene rings is 1. The Morgan fingerprint density at radius 2 is 2.07 bits per heavy atom. The summed E-state index contributed by atoms with van der Waals surface area (Å²) in [7, 11) is 1.39. The van der Waals surface area contributed by atoms with E-state index in [2.05, 4.69) is 5.32 Å². The van der Waals surface area contributed by atoms with Crippen LogP contribution in [-0.4, -0.2) is 30.0 Å². The quantitative estimate of drug-likeness (QED) is 0.460. The Balaban J connectivity index is 1.67. The van der Waals surface area contributed by atoms with E-state index in [4.69, 9.17) is 9.47 Å². The van der Waals surface area contributed by atoms with Crippen LogP contribution in [-0.2, 0) is 22.4 Å². The Bertz CT molecular complexity index is 886. The Morgan fingerprint density at radius 1 is 1.30 bits per heavy atom. The van der Waals surface area contributed by atoms with Crippen molar-refractivity contribution in [2.75, 3.05) is 12.4 Å². The number of fused-ring (bicyclic) bond motifs is 1. The topological polar surface area (TPSA) is 108 Å². The highest BCUT2D eigenvalue weighted by atomic mass is 32.1. The van der Waals surface area contributed by atoms with E-state index < -0.39 is 22.9 Å². The van der Waals surface area contributed by atoms with E-state index in [0.29, 0.717) is 10.6 Å². The molecule has 1 amide bonds. The van der Waals surface area contributed by atoms with Crippen LogP contribution in [0.4, 0.5) is 11.4 Å². The molecule has 1 aliphatic rings. The molecule has 27 heavy (non-hydrogen) atoms. The number of nitrogens with one attached hydrogen (secondary N) is 1. The van der Waals surface area contributed by atoms with Gasteiger partial charge in [-0.3, -0.25) is 14.9 Å². The molecule has 0 fully saturated rings. The van der Waals surface area contributed by atoms with Gasteiger partial charge >= 0.3 is 5.97 Å². The lowest BCUT2D eigenvalue weighted by Gasteiger charge is -2.13. The number of ether oxygens (including phenoxy) is 2. The highest BCUT2D eigenvalue weighted by molar-refractivity contribution is 7.14. The molecule has 0 saturated carbocycles. The van der Waals surface area contributed by atoms with E-state index in [-0.39, 0.29) is 11.4 Å². The largest absolute Gasteiger partial charge is 0.496 e. The van der Waals surface area contributed by atoms with Gasteiger partial charge in [0.05, 0.1) is 18.1 Å². The summed E-state index contributed by atoms with van der Waals surface area (Å²) >= 11 is 1.39. The molecule has 1 aliphatic carbocycles. The summed E-state index contributed by atoms with van der Waals surface area (Å²) in [5.74, 6) is -0.924. The number of nitro benzene ring substituents is 1. The molecular weight excluding hydrogens is 372 g/mol. The maximum atomic E-state index is 12.3. The van der Waals surface area contributed by atoms with Gasteiger partial charge in [0, 0.05) is 4.88 Å². The van der Waals surface area contributed by atoms with Crippen LogP contribution in [0.3, 0.4) is 0 Å². The molecule has 1 N–H and O–H groups in total. The lowest BCUT2D eigenvalue weighted by Crippen LogP contribution is -2.30. The molecule has 1 atom stereocenters. The summed E-state index contributed by atoms with van der Waals surface area (Å²) in [5.41, 5.74) is 0.859. The first-order chi connectivity index (χ1) is 12.9. The molecule has 142 valence electrons. The maximum absolute atomic E-state index is 12.3. The second-order valence-corrected chi connectivity index (χ2v) is 7.23. The van der Waals surface area contributed by atoms with Gasteiger partial charge in [-0.05, 0) is 49.9 Å². The number of nitrogens with zero attached hydrogens (tertiary/aromatic N) is 1. The number of rotatable bonds is 6. The molecule has 1 heterocycles. The van der Waals surface area contributed by atoms with Crippen LogP contribution in [0.15, 0.2) is 24.3 Å². The van der Waals surface area contributed by atoms with Gasteiger partial charge in [-0.2, -0.15) is 0 Å². The van der Waals surface area contributed by atoms with Crippen LogP contribution in [0.5, 0.6) is 5.75 Å². The predicted molar refractivity (Wildman–Crippen MR) is 99.5 cm³/mol. The van der Waals surface area contributed by atoms with E-state index >= 15 is 0 Å². The predicted octanol–water partition coefficient (Wildman–Crippen LogP) is 3.34. The van der Waals surface area contributed by atoms with Crippen LogP contribution in [0.1, 0.15) is 33.5 Å². The number of carbonyl (C=O) groups is 2. The second-order valence-electron chi connectivity index (χ2n) is 6.09. The van der Waals surface area contributed by atoms with E-state index in [0.717, 1.165) is 24.8 Å². The van der Waals surface area contributed by atoms with Gasteiger partial charge < -0.3 is 14.8 Å². The Kier molecular flexibility index (Phi) is 5.41. The van der Waals surface area contributed by atoms with Crippen molar-refractivity contribution in [2.24, 2.45) is 0 Å². The lowest BCUT2D eigenvalue weighted by molar-refractivity contribution is -0.384. The average Bonchev–Trinajstić information content (AvgIpc) is 3.23. The van der Waals surface area contributed by atoms with Gasteiger partial charge in [-0.15, -0.1) is 11.3 Å². The molecule has 3 rings (SSSR count). The van der Waals surface area contributed by atoms with Gasteiger partial charge in [-0.1, -0.05) is 0 Å². The number of carbonyl (C=O) groups excluding carboxylic acids is 2. The fourth-order valence-electron chi connectivity index (χ4n) is 2.83. The van der Waals surface area contributed by atoms with Gasteiger partial charge in [0.1, 0.15) is 16.3 Å². The van der Waals surface area contributed by atoms with E-state index in [9.17, 15) is 19.7 Å². The van der Waals surface area contributed by atoms with E-state index in [1.54, 1.807) is 0 Å². The van der Waals surface area contributed by atoms with Crippen molar-refractivity contribution in [2.45, 2.75) is 32.3 Å². The zero-order chi connectivity index (χ0) is 19.6. The Morgan fingerprint density at radius 3 is 2.74 bits per heavy atom. The summed E-state index contributed by atoms with van der Waals surface area (Å²) in [6.07, 6.45) is 1.91. The SMILES string of the molecule is COc1ccc(NC(=O)[C@@H](C)OC(=O)c2cc3c(s2)CCC3)c([N+](=O)[O-])c1. The van der Waals surface area contributed by atoms with Gasteiger partial charge in [0.25, 0.3) is 11.6 Å². The van der Waals surface area contributed by atoms with Crippen molar-refractivity contribution in [1.82, 2.24) is 0 Å². The zero-order valence-corrected chi connectivity index (χ0v) is 15.6. The third kappa shape index (κ3) is 4.08. The third-order valence-electron chi connectivity index (χ3n) is 4.26. The van der Waals surface area contributed by atoms with Crippen molar-refractivity contribution >= 4 is 34.6 Å². The van der Waals surface area contributed by atoms with Crippen molar-refractivity contribution in [1.29, 1.82) is 0 Å². The number of hydrogen-bond donors (Lipinski definition) is 1. The number of methoxy groups -OCH3 is 1. The Labute approximate surface area is 159 Å². The van der Waals surface area contributed by atoms with Crippen LogP contribution in [0.25, 0.3) is 0 Å². The molecule has 0 radical (unpaired) electrons. The van der Waals surface area contributed by atoms with Crippen LogP contribution in [0, 0.1) is 10.1 Å². The van der Waals surface area contributed by atoms with E-state index in [1.165, 1.54) is 48.4 Å². The standard InChI is InChI=1S/C18H18N2O6S/c1-10(26-18(22)16-8-11-4-3-5-15(11)27-16)17(21)19-13-7-6-12(25-2)9-14(13)20(23)24/h6-10H,3-5H2,1-2H3,(H,19,21)/t10-/m1/s1. The molecule has 1 aromatic carbocycles. The summed E-state index contributed by atoms with van der Waals surface area (Å²) in [6.45, 7) is 1.42. The van der Waals surface area contributed by atoms with Gasteiger partial charge in [0.15, 0.2) is 6.10 Å². The number of esters is 1. The Hall–Kier alpha value is -2.94. The molecular formula is C18H18N2O6S. The van der Waals surface area contributed by atoms with Gasteiger partial charge in [0.2, 0.25) is 0 Å². The van der Waals surface area contributed by atoms with Crippen molar-refractivity contribution in [3.05, 3.63) is 49.7 Å². The minimum absolute atomic E-state index is 0.00352. The summed E-state index contributed by atoms with van der Waals surface area (Å²) in [6, 6.07) is 5.88. The third-order valence-corrected chi connectivity index (χ3v) is 5.48. The second kappa shape index (κ2) is 7.75. The first-order valence-corrected chi connectivity index (χ1v) is 9.16. The smallest absolute Gasteiger partial charge is 0.349 e. The highest BCUT2D eigenvalue weighted by Gasteiger charge is 2.25. The maximum Gasteiger partial charge on any atom is 0.349 e. The first kappa shape index (κ1) is 18.8. The molecule has 0 spiro atoms. The molecule has 0 aliphatic heterocycles. The van der Waals surface area contributed by atoms with Crippen LogP contribution < -0.4 is 10.1 Å². The molecule has 0 unspecified atom stereocenters. The molecule has 2 aromatic rings. The first-order valence-electron chi connectivity index (χ1n) is 8.35. The fraction of sp³-hybridized carbons (Fsp3) is 0.333. The van der Waals surface area contributed by atoms with Crippen molar-refractivity contribution in [3.63, 3.8) is 0 Å². The minimum Gasteiger partial charge on any atom is -0.496 e. The van der Waals surface area contributed by atoms with Crippen molar-refractivity contribution in [3.8, 4) is 5.75 Å². The lowest BCUT2D eigenvalue weighted by atomic mass is 10.2. The average molecular weight is 390 g/mol. The number of amides is 1. The number of aryl methyl sites for hydroxylation is 2. The molecule has 0 saturated heterocycles. The normalized spacial score (nSPS) is 13.6. The zero-order valence-electron chi connectivity index (χ0n) is 14.8. The number of benzene rings is 1. The van der Waals surface area contributed by atoms with Crippen LogP contribution in [0.2, 0.25) is 0 Å². The van der Waals surface area contributed by atoms with E-state index in [1.807, 2.05) is 6.07 Å². The van der Waals surface area contributed by atoms with Gasteiger partial charge in [-0.25, -0.2) is 4.79 Å². The molecule has 9 heteroatoms. The summed E-state index contributed by atoms with van der Waals surface area (Å²) in [5, 5.41) is 13.6. The van der Waals surface area contributed by atoms with Crippen LogP contribution >= 0.6 is 11.3 Å².